The highest BCUT2D eigenvalue weighted by Gasteiger charge is 2.22. The van der Waals surface area contributed by atoms with Crippen LogP contribution in [0.5, 0.6) is 0 Å². The molecular formula is C19H17O8PS3. The van der Waals surface area contributed by atoms with Crippen molar-refractivity contribution in [3.05, 3.63) is 72.8 Å². The highest BCUT2D eigenvalue weighted by Crippen LogP contribution is 2.34. The van der Waals surface area contributed by atoms with Crippen molar-refractivity contribution in [2.75, 3.05) is 6.26 Å². The van der Waals surface area contributed by atoms with Gasteiger partial charge in [-0.1, -0.05) is 36.4 Å². The summed E-state index contributed by atoms with van der Waals surface area (Å²) in [5, 5.41) is 1.34. The Morgan fingerprint density at radius 1 is 0.581 bits per heavy atom. The molecule has 31 heavy (non-hydrogen) atoms. The molecule has 0 aliphatic heterocycles. The van der Waals surface area contributed by atoms with Crippen LogP contribution < -0.4 is 15.9 Å². The lowest BCUT2D eigenvalue weighted by Crippen LogP contribution is -2.22. The van der Waals surface area contributed by atoms with Crippen molar-refractivity contribution in [3.8, 4) is 0 Å². The van der Waals surface area contributed by atoms with Gasteiger partial charge in [-0.05, 0) is 60.2 Å². The molecule has 0 fully saturated rings. The molecule has 3 aromatic carbocycles. The number of sulfone groups is 1. The van der Waals surface area contributed by atoms with Gasteiger partial charge >= 0.3 is 0 Å². The molecule has 0 bridgehead atoms. The van der Waals surface area contributed by atoms with Crippen LogP contribution in [0, 0.1) is 0 Å². The maximum absolute atomic E-state index is 12.0. The summed E-state index contributed by atoms with van der Waals surface area (Å²) in [6.07, 6.45) is 1.05. The van der Waals surface area contributed by atoms with Crippen molar-refractivity contribution in [1.82, 2.24) is 0 Å². The minimum Gasteiger partial charge on any atom is -0.282 e. The first-order valence-electron chi connectivity index (χ1n) is 8.52. The molecule has 2 N–H and O–H groups in total. The summed E-state index contributed by atoms with van der Waals surface area (Å²) < 4.78 is 89.4. The number of hydrogen-bond acceptors (Lipinski definition) is 6. The van der Waals surface area contributed by atoms with Gasteiger partial charge in [-0.3, -0.25) is 9.11 Å². The van der Waals surface area contributed by atoms with Crippen molar-refractivity contribution in [2.24, 2.45) is 0 Å². The summed E-state index contributed by atoms with van der Waals surface area (Å²) in [4.78, 5) is -0.681. The SMILES string of the molecule is CS(=O)(=O)c1cccc(P(c2cccc(S(=O)(=O)O)c2)c2cccc(S(=O)(=O)O)c2)c1. The van der Waals surface area contributed by atoms with E-state index in [9.17, 15) is 34.4 Å². The molecule has 164 valence electrons. The zero-order valence-corrected chi connectivity index (χ0v) is 19.3. The fourth-order valence-electron chi connectivity index (χ4n) is 2.87. The fourth-order valence-corrected chi connectivity index (χ4v) is 7.25. The van der Waals surface area contributed by atoms with Crippen LogP contribution in [0.25, 0.3) is 0 Å². The van der Waals surface area contributed by atoms with Gasteiger partial charge in [-0.2, -0.15) is 16.8 Å². The predicted molar refractivity (Wildman–Crippen MR) is 118 cm³/mol. The van der Waals surface area contributed by atoms with Gasteiger partial charge in [0.25, 0.3) is 20.2 Å². The van der Waals surface area contributed by atoms with Crippen molar-refractivity contribution < 1.29 is 34.4 Å². The second kappa shape index (κ2) is 8.42. The average Bonchev–Trinajstić information content (AvgIpc) is 2.67. The van der Waals surface area contributed by atoms with E-state index in [1.165, 1.54) is 54.6 Å². The summed E-state index contributed by atoms with van der Waals surface area (Å²) in [6, 6.07) is 16.9. The largest absolute Gasteiger partial charge is 0.294 e. The molecule has 0 spiro atoms. The predicted octanol–water partition coefficient (Wildman–Crippen LogP) is 1.34. The molecule has 8 nitrogen and oxygen atoms in total. The van der Waals surface area contributed by atoms with E-state index in [0.717, 1.165) is 6.26 Å². The molecule has 0 atom stereocenters. The Morgan fingerprint density at radius 3 is 1.23 bits per heavy atom. The van der Waals surface area contributed by atoms with Crippen LogP contribution >= 0.6 is 7.92 Å². The van der Waals surface area contributed by atoms with Crippen LogP contribution in [0.3, 0.4) is 0 Å². The van der Waals surface area contributed by atoms with E-state index in [1.807, 2.05) is 0 Å². The van der Waals surface area contributed by atoms with Crippen molar-refractivity contribution >= 4 is 53.9 Å². The monoisotopic (exact) mass is 500 g/mol. The minimum absolute atomic E-state index is 0.0365. The molecule has 12 heteroatoms. The lowest BCUT2D eigenvalue weighted by molar-refractivity contribution is 0.481. The van der Waals surface area contributed by atoms with E-state index in [1.54, 1.807) is 18.2 Å². The molecular weight excluding hydrogens is 483 g/mol. The Labute approximate surface area is 181 Å². The van der Waals surface area contributed by atoms with Gasteiger partial charge in [0, 0.05) is 6.26 Å². The normalized spacial score (nSPS) is 12.8. The second-order valence-corrected chi connectivity index (χ2v) is 13.6. The quantitative estimate of drug-likeness (QED) is 0.381. The molecule has 0 amide bonds. The zero-order valence-electron chi connectivity index (χ0n) is 15.9. The van der Waals surface area contributed by atoms with Crippen LogP contribution in [0.15, 0.2) is 87.5 Å². The molecule has 0 heterocycles. The molecule has 0 saturated heterocycles. The van der Waals surface area contributed by atoms with Crippen LogP contribution in [0.2, 0.25) is 0 Å². The number of hydrogen-bond donors (Lipinski definition) is 2. The zero-order chi connectivity index (χ0) is 23.0. The van der Waals surface area contributed by atoms with E-state index in [0.29, 0.717) is 15.9 Å². The average molecular weight is 501 g/mol. The van der Waals surface area contributed by atoms with E-state index in [2.05, 4.69) is 0 Å². The summed E-state index contributed by atoms with van der Waals surface area (Å²) in [5.74, 6) is 0. The number of benzene rings is 3. The molecule has 3 rings (SSSR count). The van der Waals surface area contributed by atoms with Crippen LogP contribution in [-0.4, -0.2) is 40.6 Å². The fraction of sp³-hybridized carbons (Fsp3) is 0.0526. The molecule has 0 radical (unpaired) electrons. The van der Waals surface area contributed by atoms with Gasteiger partial charge in [0.1, 0.15) is 0 Å². The van der Waals surface area contributed by atoms with Crippen LogP contribution in [0.1, 0.15) is 0 Å². The Balaban J connectivity index is 2.31. The summed E-state index contributed by atoms with van der Waals surface area (Å²) in [7, 11) is -14.2. The minimum atomic E-state index is -4.51. The van der Waals surface area contributed by atoms with Gasteiger partial charge in [0.05, 0.1) is 14.7 Å². The standard InChI is InChI=1S/C19H17O8PS3/c1-29(20,21)17-8-2-5-14(11-17)28(15-6-3-9-18(12-15)30(22,23)24)16-7-4-10-19(13-16)31(25,26)27/h2-13H,1H3,(H,22,23,24)(H,25,26,27). The van der Waals surface area contributed by atoms with E-state index in [4.69, 9.17) is 0 Å². The van der Waals surface area contributed by atoms with E-state index < -0.39 is 38.0 Å². The molecule has 0 aromatic heterocycles. The van der Waals surface area contributed by atoms with Crippen LogP contribution in [0.4, 0.5) is 0 Å². The Bertz CT molecular complexity index is 1280. The molecule has 0 aliphatic rings. The van der Waals surface area contributed by atoms with E-state index in [-0.39, 0.29) is 14.7 Å². The third kappa shape index (κ3) is 5.57. The second-order valence-electron chi connectivity index (χ2n) is 6.55. The van der Waals surface area contributed by atoms with Gasteiger partial charge in [-0.15, -0.1) is 0 Å². The maximum Gasteiger partial charge on any atom is 0.294 e. The highest BCUT2D eigenvalue weighted by atomic mass is 32.2. The summed E-state index contributed by atoms with van der Waals surface area (Å²) in [6.45, 7) is 0. The van der Waals surface area contributed by atoms with Crippen molar-refractivity contribution in [1.29, 1.82) is 0 Å². The highest BCUT2D eigenvalue weighted by molar-refractivity contribution is 7.90. The molecule has 0 aliphatic carbocycles. The molecule has 0 saturated carbocycles. The molecule has 3 aromatic rings. The molecule has 0 unspecified atom stereocenters. The Kier molecular flexibility index (Phi) is 6.39. The van der Waals surface area contributed by atoms with Crippen LogP contribution in [-0.2, 0) is 30.1 Å². The van der Waals surface area contributed by atoms with Gasteiger partial charge in [0.15, 0.2) is 9.84 Å². The Morgan fingerprint density at radius 2 is 0.903 bits per heavy atom. The maximum atomic E-state index is 12.0. The smallest absolute Gasteiger partial charge is 0.282 e. The third-order valence-corrected chi connectivity index (χ3v) is 9.44. The van der Waals surface area contributed by atoms with Gasteiger partial charge in [0.2, 0.25) is 0 Å². The summed E-state index contributed by atoms with van der Waals surface area (Å²) in [5.41, 5.74) is 0. The summed E-state index contributed by atoms with van der Waals surface area (Å²) >= 11 is 0. The van der Waals surface area contributed by atoms with Gasteiger partial charge in [-0.25, -0.2) is 8.42 Å². The number of rotatable bonds is 6. The first-order valence-corrected chi connectivity index (χ1v) is 14.6. The first-order chi connectivity index (χ1) is 14.3. The van der Waals surface area contributed by atoms with Gasteiger partial charge < -0.3 is 0 Å². The Hall–Kier alpha value is -2.14. The first kappa shape index (κ1) is 23.5. The lowest BCUT2D eigenvalue weighted by atomic mass is 10.3. The van der Waals surface area contributed by atoms with Crippen molar-refractivity contribution in [3.63, 3.8) is 0 Å². The third-order valence-electron chi connectivity index (χ3n) is 4.25. The topological polar surface area (TPSA) is 143 Å². The van der Waals surface area contributed by atoms with E-state index >= 15 is 0 Å². The lowest BCUT2D eigenvalue weighted by Gasteiger charge is -2.21. The van der Waals surface area contributed by atoms with Crippen molar-refractivity contribution in [2.45, 2.75) is 14.7 Å².